The summed E-state index contributed by atoms with van der Waals surface area (Å²) in [7, 11) is 0. The Morgan fingerprint density at radius 2 is 2.27 bits per heavy atom. The maximum atomic E-state index is 11.5. The number of carbonyl (C=O) groups is 2. The standard InChI is InChI=1S/C12H20O3/c1-2-5-12(14)15-9-8-10-6-3-4-7-11(10)13/h10H,2-9H2,1H3. The number of hydrogen-bond donors (Lipinski definition) is 0. The summed E-state index contributed by atoms with van der Waals surface area (Å²) >= 11 is 0. The molecular weight excluding hydrogens is 192 g/mol. The fraction of sp³-hybridized carbons (Fsp3) is 0.833. The Bertz CT molecular complexity index is 223. The Hall–Kier alpha value is -0.860. The van der Waals surface area contributed by atoms with Crippen molar-refractivity contribution >= 4 is 11.8 Å². The van der Waals surface area contributed by atoms with Crippen LogP contribution in [0.5, 0.6) is 0 Å². The SMILES string of the molecule is CCCC(=O)OCCC1CCCCC1=O. The summed E-state index contributed by atoms with van der Waals surface area (Å²) in [6.45, 7) is 2.36. The number of Topliss-reactive ketones (excluding diaryl/α,β-unsaturated/α-hetero) is 1. The monoisotopic (exact) mass is 212 g/mol. The van der Waals surface area contributed by atoms with Crippen LogP contribution in [0.4, 0.5) is 0 Å². The van der Waals surface area contributed by atoms with E-state index in [0.29, 0.717) is 31.7 Å². The smallest absolute Gasteiger partial charge is 0.305 e. The molecule has 0 spiro atoms. The molecule has 15 heavy (non-hydrogen) atoms. The van der Waals surface area contributed by atoms with E-state index in [1.165, 1.54) is 0 Å². The van der Waals surface area contributed by atoms with Gasteiger partial charge in [0.25, 0.3) is 0 Å². The number of hydrogen-bond acceptors (Lipinski definition) is 3. The molecule has 0 aromatic carbocycles. The summed E-state index contributed by atoms with van der Waals surface area (Å²) in [5.74, 6) is 0.363. The maximum Gasteiger partial charge on any atom is 0.305 e. The third-order valence-electron chi connectivity index (χ3n) is 2.86. The maximum absolute atomic E-state index is 11.5. The van der Waals surface area contributed by atoms with Crippen molar-refractivity contribution < 1.29 is 14.3 Å². The first-order valence-electron chi connectivity index (χ1n) is 5.92. The second-order valence-electron chi connectivity index (χ2n) is 4.17. The van der Waals surface area contributed by atoms with Gasteiger partial charge in [-0.1, -0.05) is 13.3 Å². The zero-order valence-corrected chi connectivity index (χ0v) is 9.46. The van der Waals surface area contributed by atoms with E-state index in [2.05, 4.69) is 0 Å². The average molecular weight is 212 g/mol. The van der Waals surface area contributed by atoms with E-state index in [0.717, 1.165) is 25.7 Å². The molecule has 0 aromatic rings. The summed E-state index contributed by atoms with van der Waals surface area (Å²) in [4.78, 5) is 22.5. The second-order valence-corrected chi connectivity index (χ2v) is 4.17. The van der Waals surface area contributed by atoms with E-state index in [4.69, 9.17) is 4.74 Å². The molecule has 3 heteroatoms. The Balaban J connectivity index is 2.13. The minimum absolute atomic E-state index is 0.138. The lowest BCUT2D eigenvalue weighted by Gasteiger charge is -2.19. The van der Waals surface area contributed by atoms with Gasteiger partial charge in [-0.2, -0.15) is 0 Å². The van der Waals surface area contributed by atoms with Crippen molar-refractivity contribution in [2.24, 2.45) is 5.92 Å². The topological polar surface area (TPSA) is 43.4 Å². The van der Waals surface area contributed by atoms with Gasteiger partial charge in [-0.3, -0.25) is 9.59 Å². The molecule has 0 N–H and O–H groups in total. The van der Waals surface area contributed by atoms with Crippen LogP contribution in [0.25, 0.3) is 0 Å². The molecule has 0 saturated heterocycles. The van der Waals surface area contributed by atoms with Gasteiger partial charge >= 0.3 is 5.97 Å². The number of ketones is 1. The molecule has 3 nitrogen and oxygen atoms in total. The number of esters is 1. The fourth-order valence-electron chi connectivity index (χ4n) is 1.95. The minimum Gasteiger partial charge on any atom is -0.466 e. The van der Waals surface area contributed by atoms with Gasteiger partial charge < -0.3 is 4.74 Å². The highest BCUT2D eigenvalue weighted by molar-refractivity contribution is 5.81. The molecular formula is C12H20O3. The van der Waals surface area contributed by atoms with Crippen molar-refractivity contribution in [3.63, 3.8) is 0 Å². The van der Waals surface area contributed by atoms with E-state index >= 15 is 0 Å². The van der Waals surface area contributed by atoms with Crippen molar-refractivity contribution in [1.29, 1.82) is 0 Å². The highest BCUT2D eigenvalue weighted by Gasteiger charge is 2.21. The van der Waals surface area contributed by atoms with E-state index in [-0.39, 0.29) is 11.9 Å². The number of carbonyl (C=O) groups excluding carboxylic acids is 2. The molecule has 0 aromatic heterocycles. The highest BCUT2D eigenvalue weighted by Crippen LogP contribution is 2.23. The van der Waals surface area contributed by atoms with Gasteiger partial charge in [-0.25, -0.2) is 0 Å². The third kappa shape index (κ3) is 4.45. The van der Waals surface area contributed by atoms with Gasteiger partial charge in [-0.05, 0) is 25.7 Å². The number of rotatable bonds is 5. The van der Waals surface area contributed by atoms with Gasteiger partial charge in [-0.15, -0.1) is 0 Å². The molecule has 86 valence electrons. The van der Waals surface area contributed by atoms with E-state index < -0.39 is 0 Å². The lowest BCUT2D eigenvalue weighted by Crippen LogP contribution is -2.21. The molecule has 0 radical (unpaired) electrons. The predicted molar refractivity (Wildman–Crippen MR) is 57.4 cm³/mol. The van der Waals surface area contributed by atoms with Crippen LogP contribution >= 0.6 is 0 Å². The van der Waals surface area contributed by atoms with E-state index in [9.17, 15) is 9.59 Å². The van der Waals surface area contributed by atoms with Crippen LogP contribution in [-0.4, -0.2) is 18.4 Å². The Morgan fingerprint density at radius 3 is 2.93 bits per heavy atom. The summed E-state index contributed by atoms with van der Waals surface area (Å²) in [6.07, 6.45) is 5.89. The van der Waals surface area contributed by atoms with E-state index in [1.807, 2.05) is 6.92 Å². The zero-order valence-electron chi connectivity index (χ0n) is 9.46. The van der Waals surface area contributed by atoms with Gasteiger partial charge in [0, 0.05) is 18.8 Å². The van der Waals surface area contributed by atoms with Gasteiger partial charge in [0.2, 0.25) is 0 Å². The van der Waals surface area contributed by atoms with Crippen LogP contribution in [0, 0.1) is 5.92 Å². The van der Waals surface area contributed by atoms with Crippen molar-refractivity contribution in [1.82, 2.24) is 0 Å². The van der Waals surface area contributed by atoms with Crippen LogP contribution in [0.2, 0.25) is 0 Å². The minimum atomic E-state index is -0.138. The van der Waals surface area contributed by atoms with Crippen molar-refractivity contribution in [3.05, 3.63) is 0 Å². The summed E-state index contributed by atoms with van der Waals surface area (Å²) in [6, 6.07) is 0. The Labute approximate surface area is 91.2 Å². The lowest BCUT2D eigenvalue weighted by molar-refractivity contribution is -0.144. The largest absolute Gasteiger partial charge is 0.466 e. The fourth-order valence-corrected chi connectivity index (χ4v) is 1.95. The molecule has 1 unspecified atom stereocenters. The second kappa shape index (κ2) is 6.59. The molecule has 1 rings (SSSR count). The molecule has 1 aliphatic rings. The lowest BCUT2D eigenvalue weighted by atomic mass is 9.86. The van der Waals surface area contributed by atoms with Crippen LogP contribution in [-0.2, 0) is 14.3 Å². The van der Waals surface area contributed by atoms with E-state index in [1.54, 1.807) is 0 Å². The summed E-state index contributed by atoms with van der Waals surface area (Å²) in [5.41, 5.74) is 0. The van der Waals surface area contributed by atoms with Crippen molar-refractivity contribution in [2.45, 2.75) is 51.9 Å². The van der Waals surface area contributed by atoms with Crippen LogP contribution in [0.15, 0.2) is 0 Å². The zero-order chi connectivity index (χ0) is 11.1. The molecule has 1 aliphatic carbocycles. The quantitative estimate of drug-likeness (QED) is 0.657. The molecule has 0 heterocycles. The molecule has 0 amide bonds. The first-order valence-corrected chi connectivity index (χ1v) is 5.92. The molecule has 0 aliphatic heterocycles. The molecule has 0 bridgehead atoms. The highest BCUT2D eigenvalue weighted by atomic mass is 16.5. The predicted octanol–water partition coefficient (Wildman–Crippen LogP) is 2.48. The molecule has 1 atom stereocenters. The van der Waals surface area contributed by atoms with Crippen molar-refractivity contribution in [3.8, 4) is 0 Å². The third-order valence-corrected chi connectivity index (χ3v) is 2.86. The van der Waals surface area contributed by atoms with Crippen LogP contribution in [0.1, 0.15) is 51.9 Å². The van der Waals surface area contributed by atoms with Gasteiger partial charge in [0.15, 0.2) is 0 Å². The van der Waals surface area contributed by atoms with Gasteiger partial charge in [0.05, 0.1) is 6.61 Å². The Morgan fingerprint density at radius 1 is 1.47 bits per heavy atom. The summed E-state index contributed by atoms with van der Waals surface area (Å²) < 4.78 is 5.04. The molecule has 1 saturated carbocycles. The van der Waals surface area contributed by atoms with Crippen molar-refractivity contribution in [2.75, 3.05) is 6.61 Å². The first kappa shape index (κ1) is 12.2. The first-order chi connectivity index (χ1) is 7.24. The van der Waals surface area contributed by atoms with Gasteiger partial charge in [0.1, 0.15) is 5.78 Å². The molecule has 1 fully saturated rings. The average Bonchev–Trinajstić information content (AvgIpc) is 2.21. The summed E-state index contributed by atoms with van der Waals surface area (Å²) in [5, 5.41) is 0. The van der Waals surface area contributed by atoms with Crippen LogP contribution in [0.3, 0.4) is 0 Å². The normalized spacial score (nSPS) is 21.4. The number of ether oxygens (including phenoxy) is 1. The Kier molecular flexibility index (Phi) is 5.37. The van der Waals surface area contributed by atoms with Crippen LogP contribution < -0.4 is 0 Å².